The van der Waals surface area contributed by atoms with Crippen molar-refractivity contribution >= 4 is 13.5 Å². The number of nitrogens with zero attached hydrogens (tertiary/aromatic N) is 1. The third kappa shape index (κ3) is 4.88. The quantitative estimate of drug-likeness (QED) is 0.718. The van der Waals surface area contributed by atoms with Gasteiger partial charge in [0, 0.05) is 0 Å². The highest BCUT2D eigenvalue weighted by atomic mass is 31.2. The molecule has 0 aliphatic carbocycles. The molecule has 112 valence electrons. The van der Waals surface area contributed by atoms with Crippen LogP contribution in [0.4, 0.5) is 0 Å². The van der Waals surface area contributed by atoms with Crippen LogP contribution >= 0.6 is 7.60 Å². The Kier molecular flexibility index (Phi) is 6.47. The maximum Gasteiger partial charge on any atom is 0.330 e. The number of amides is 1. The van der Waals surface area contributed by atoms with Gasteiger partial charge < -0.3 is 14.8 Å². The molecular weight excluding hydrogens is 267 g/mol. The second kappa shape index (κ2) is 7.39. The maximum absolute atomic E-state index is 12.5. The van der Waals surface area contributed by atoms with Gasteiger partial charge in [0.25, 0.3) is 0 Å². The first kappa shape index (κ1) is 16.6. The number of piperidine rings is 1. The van der Waals surface area contributed by atoms with Crippen molar-refractivity contribution in [2.45, 2.75) is 32.7 Å². The third-order valence-electron chi connectivity index (χ3n) is 3.44. The molecule has 1 aliphatic rings. The average Bonchev–Trinajstić information content (AvgIpc) is 2.31. The van der Waals surface area contributed by atoms with E-state index in [1.54, 1.807) is 13.8 Å². The van der Waals surface area contributed by atoms with Gasteiger partial charge in [-0.15, -0.1) is 0 Å². The Morgan fingerprint density at radius 1 is 1.37 bits per heavy atom. The number of nitrogens with two attached hydrogens (primary N) is 1. The summed E-state index contributed by atoms with van der Waals surface area (Å²) in [5.74, 6) is -0.174. The van der Waals surface area contributed by atoms with E-state index in [0.717, 1.165) is 13.0 Å². The van der Waals surface area contributed by atoms with Crippen molar-refractivity contribution in [2.24, 2.45) is 11.7 Å². The molecule has 2 atom stereocenters. The SMILES string of the molecule is CCOP(=O)(C[C@@H]1CCN(C)[C@H](C(N)=O)C1)OCC. The number of carbonyl (C=O) groups excluding carboxylic acids is 1. The Morgan fingerprint density at radius 3 is 2.42 bits per heavy atom. The van der Waals surface area contributed by atoms with Gasteiger partial charge in [-0.3, -0.25) is 14.3 Å². The minimum absolute atomic E-state index is 0.151. The smallest absolute Gasteiger partial charge is 0.330 e. The van der Waals surface area contributed by atoms with E-state index >= 15 is 0 Å². The fourth-order valence-electron chi connectivity index (χ4n) is 2.51. The summed E-state index contributed by atoms with van der Waals surface area (Å²) in [5.41, 5.74) is 5.39. The molecular formula is C12H25N2O4P. The standard InChI is InChI=1S/C12H25N2O4P/c1-4-17-19(16,18-5-2)9-10-6-7-14(3)11(8-10)12(13)15/h10-11H,4-9H2,1-3H3,(H2,13,15)/t10-,11+/m1/s1. The molecule has 0 spiro atoms. The van der Waals surface area contributed by atoms with E-state index in [4.69, 9.17) is 14.8 Å². The number of hydrogen-bond acceptors (Lipinski definition) is 5. The Balaban J connectivity index is 2.65. The summed E-state index contributed by atoms with van der Waals surface area (Å²) in [4.78, 5) is 13.3. The molecule has 0 unspecified atom stereocenters. The lowest BCUT2D eigenvalue weighted by molar-refractivity contribution is -0.124. The molecule has 19 heavy (non-hydrogen) atoms. The first-order chi connectivity index (χ1) is 8.91. The highest BCUT2D eigenvalue weighted by Crippen LogP contribution is 2.51. The Hall–Kier alpha value is -0.420. The Labute approximate surface area is 115 Å². The van der Waals surface area contributed by atoms with Crippen molar-refractivity contribution in [3.8, 4) is 0 Å². The lowest BCUT2D eigenvalue weighted by Crippen LogP contribution is -2.48. The van der Waals surface area contributed by atoms with Crippen LogP contribution in [0.2, 0.25) is 0 Å². The normalized spacial score (nSPS) is 25.4. The number of hydrogen-bond donors (Lipinski definition) is 1. The summed E-state index contributed by atoms with van der Waals surface area (Å²) in [6.45, 7) is 5.10. The third-order valence-corrected chi connectivity index (χ3v) is 5.71. The molecule has 1 fully saturated rings. The van der Waals surface area contributed by atoms with Gasteiger partial charge in [0.1, 0.15) is 0 Å². The largest absolute Gasteiger partial charge is 0.368 e. The lowest BCUT2D eigenvalue weighted by Gasteiger charge is -2.36. The van der Waals surface area contributed by atoms with Gasteiger partial charge in [-0.2, -0.15) is 0 Å². The summed E-state index contributed by atoms with van der Waals surface area (Å²) in [6.07, 6.45) is 1.87. The molecule has 1 amide bonds. The van der Waals surface area contributed by atoms with E-state index < -0.39 is 7.60 Å². The second-order valence-corrected chi connectivity index (χ2v) is 7.02. The summed E-state index contributed by atoms with van der Waals surface area (Å²) in [6, 6.07) is -0.282. The zero-order valence-electron chi connectivity index (χ0n) is 12.0. The molecule has 7 heteroatoms. The molecule has 0 radical (unpaired) electrons. The predicted molar refractivity (Wildman–Crippen MR) is 74.1 cm³/mol. The zero-order valence-corrected chi connectivity index (χ0v) is 12.9. The van der Waals surface area contributed by atoms with E-state index in [0.29, 0.717) is 25.8 Å². The number of carbonyl (C=O) groups is 1. The summed E-state index contributed by atoms with van der Waals surface area (Å²) >= 11 is 0. The minimum atomic E-state index is -3.03. The molecule has 1 heterocycles. The highest BCUT2D eigenvalue weighted by molar-refractivity contribution is 7.53. The molecule has 1 rings (SSSR count). The maximum atomic E-state index is 12.5. The molecule has 6 nitrogen and oxygen atoms in total. The van der Waals surface area contributed by atoms with Gasteiger partial charge in [-0.25, -0.2) is 0 Å². The summed E-state index contributed by atoms with van der Waals surface area (Å²) in [5, 5.41) is 0. The van der Waals surface area contributed by atoms with Crippen LogP contribution in [0.1, 0.15) is 26.7 Å². The fourth-order valence-corrected chi connectivity index (χ4v) is 4.54. The van der Waals surface area contributed by atoms with Crippen molar-refractivity contribution in [1.29, 1.82) is 0 Å². The van der Waals surface area contributed by atoms with Crippen molar-refractivity contribution in [2.75, 3.05) is 33.0 Å². The topological polar surface area (TPSA) is 81.9 Å². The molecule has 0 saturated carbocycles. The van der Waals surface area contributed by atoms with Crippen LogP contribution in [-0.2, 0) is 18.4 Å². The van der Waals surface area contributed by atoms with Crippen molar-refractivity contribution in [3.05, 3.63) is 0 Å². The van der Waals surface area contributed by atoms with Gasteiger partial charge in [-0.05, 0) is 46.2 Å². The first-order valence-corrected chi connectivity index (χ1v) is 8.52. The van der Waals surface area contributed by atoms with Crippen LogP contribution in [-0.4, -0.2) is 49.8 Å². The highest BCUT2D eigenvalue weighted by Gasteiger charge is 2.35. The second-order valence-electron chi connectivity index (χ2n) is 4.92. The average molecular weight is 292 g/mol. The van der Waals surface area contributed by atoms with Gasteiger partial charge in [0.05, 0.1) is 25.4 Å². The van der Waals surface area contributed by atoms with Gasteiger partial charge in [0.15, 0.2) is 0 Å². The number of rotatable bonds is 7. The predicted octanol–water partition coefficient (Wildman–Crippen LogP) is 1.45. The van der Waals surface area contributed by atoms with Crippen LogP contribution in [0.25, 0.3) is 0 Å². The molecule has 1 saturated heterocycles. The van der Waals surface area contributed by atoms with Gasteiger partial charge >= 0.3 is 7.60 Å². The Morgan fingerprint density at radius 2 is 1.95 bits per heavy atom. The van der Waals surface area contributed by atoms with Gasteiger partial charge in [-0.1, -0.05) is 0 Å². The van der Waals surface area contributed by atoms with Crippen molar-refractivity contribution < 1.29 is 18.4 Å². The van der Waals surface area contributed by atoms with E-state index in [1.807, 2.05) is 11.9 Å². The number of primary amides is 1. The molecule has 0 aromatic rings. The molecule has 0 aromatic heterocycles. The minimum Gasteiger partial charge on any atom is -0.368 e. The van der Waals surface area contributed by atoms with Crippen molar-refractivity contribution in [3.63, 3.8) is 0 Å². The fraction of sp³-hybridized carbons (Fsp3) is 0.917. The molecule has 2 N–H and O–H groups in total. The van der Waals surface area contributed by atoms with Crippen LogP contribution in [0.15, 0.2) is 0 Å². The van der Waals surface area contributed by atoms with E-state index in [1.165, 1.54) is 0 Å². The van der Waals surface area contributed by atoms with Crippen LogP contribution in [0, 0.1) is 5.92 Å². The first-order valence-electron chi connectivity index (χ1n) is 6.79. The van der Waals surface area contributed by atoms with E-state index in [2.05, 4.69) is 0 Å². The zero-order chi connectivity index (χ0) is 14.5. The van der Waals surface area contributed by atoms with Gasteiger partial charge in [0.2, 0.25) is 5.91 Å². The number of likely N-dealkylation sites (N-methyl/N-ethyl adjacent to an activating group) is 1. The van der Waals surface area contributed by atoms with E-state index in [-0.39, 0.29) is 17.9 Å². The Bertz CT molecular complexity index is 341. The molecule has 1 aliphatic heterocycles. The monoisotopic (exact) mass is 292 g/mol. The molecule has 0 bridgehead atoms. The summed E-state index contributed by atoms with van der Waals surface area (Å²) in [7, 11) is -1.15. The lowest BCUT2D eigenvalue weighted by atomic mass is 9.92. The summed E-state index contributed by atoms with van der Waals surface area (Å²) < 4.78 is 23.1. The van der Waals surface area contributed by atoms with E-state index in [9.17, 15) is 9.36 Å². The van der Waals surface area contributed by atoms with Crippen LogP contribution in [0.3, 0.4) is 0 Å². The number of likely N-dealkylation sites (tertiary alicyclic amines) is 1. The molecule has 0 aromatic carbocycles. The van der Waals surface area contributed by atoms with Crippen LogP contribution in [0.5, 0.6) is 0 Å². The van der Waals surface area contributed by atoms with Crippen molar-refractivity contribution in [1.82, 2.24) is 4.90 Å². The van der Waals surface area contributed by atoms with Crippen LogP contribution < -0.4 is 5.73 Å².